The normalized spacial score (nSPS) is 11.4. The number of hydrogen-bond acceptors (Lipinski definition) is 4. The van der Waals surface area contributed by atoms with Crippen molar-refractivity contribution in [2.45, 2.75) is 6.92 Å². The topological polar surface area (TPSA) is 65.1 Å². The molecule has 0 amide bonds. The third kappa shape index (κ3) is 2.18. The minimum absolute atomic E-state index is 0.219. The minimum Gasteiger partial charge on any atom is -0.284 e. The van der Waals surface area contributed by atoms with Gasteiger partial charge in [-0.3, -0.25) is 9.36 Å². The molecule has 8 heteroatoms. The van der Waals surface area contributed by atoms with Gasteiger partial charge in [-0.05, 0) is 31.2 Å². The van der Waals surface area contributed by atoms with Crippen LogP contribution in [-0.4, -0.2) is 24.1 Å². The van der Waals surface area contributed by atoms with Gasteiger partial charge in [-0.1, -0.05) is 23.2 Å². The van der Waals surface area contributed by atoms with Gasteiger partial charge in [0, 0.05) is 16.2 Å². The summed E-state index contributed by atoms with van der Waals surface area (Å²) >= 11 is 12.1. The predicted molar refractivity (Wildman–Crippen MR) is 88.6 cm³/mol. The highest BCUT2D eigenvalue weighted by molar-refractivity contribution is 6.34. The van der Waals surface area contributed by atoms with Gasteiger partial charge in [0.05, 0.1) is 22.3 Å². The van der Waals surface area contributed by atoms with E-state index in [1.165, 1.54) is 10.9 Å². The summed E-state index contributed by atoms with van der Waals surface area (Å²) in [7, 11) is 0. The number of hydrogen-bond donors (Lipinski definition) is 0. The smallest absolute Gasteiger partial charge is 0.266 e. The number of aryl methyl sites for hydroxylation is 1. The lowest BCUT2D eigenvalue weighted by atomic mass is 10.2. The van der Waals surface area contributed by atoms with Crippen LogP contribution in [0.25, 0.3) is 22.4 Å². The van der Waals surface area contributed by atoms with Crippen LogP contribution in [0.1, 0.15) is 5.69 Å². The molecule has 0 aliphatic carbocycles. The summed E-state index contributed by atoms with van der Waals surface area (Å²) in [5.41, 5.74) is 1.61. The number of pyridine rings is 1. The summed E-state index contributed by atoms with van der Waals surface area (Å²) in [6.45, 7) is 1.77. The van der Waals surface area contributed by atoms with Crippen LogP contribution in [0.3, 0.4) is 0 Å². The Morgan fingerprint density at radius 1 is 1.13 bits per heavy atom. The van der Waals surface area contributed by atoms with Gasteiger partial charge in [-0.25, -0.2) is 4.98 Å². The summed E-state index contributed by atoms with van der Waals surface area (Å²) < 4.78 is 3.02. The van der Waals surface area contributed by atoms with E-state index in [0.717, 1.165) is 0 Å². The van der Waals surface area contributed by atoms with Gasteiger partial charge in [0.1, 0.15) is 6.33 Å². The molecule has 0 N–H and O–H groups in total. The quantitative estimate of drug-likeness (QED) is 0.531. The summed E-state index contributed by atoms with van der Waals surface area (Å²) in [5.74, 6) is 0.456. The summed E-state index contributed by atoms with van der Waals surface area (Å²) in [4.78, 5) is 21.3. The molecular weight excluding hydrogens is 337 g/mol. The lowest BCUT2D eigenvalue weighted by molar-refractivity contribution is 0.949. The second-order valence-electron chi connectivity index (χ2n) is 5.05. The number of aromatic nitrogens is 5. The second kappa shape index (κ2) is 5.04. The van der Waals surface area contributed by atoms with E-state index in [0.29, 0.717) is 38.1 Å². The van der Waals surface area contributed by atoms with E-state index in [9.17, 15) is 4.79 Å². The van der Waals surface area contributed by atoms with Crippen LogP contribution < -0.4 is 5.56 Å². The molecule has 0 saturated carbocycles. The molecule has 3 heterocycles. The lowest BCUT2D eigenvalue weighted by Gasteiger charge is -2.10. The molecule has 0 radical (unpaired) electrons. The standard InChI is InChI=1S/C15H9Cl2N5O/c1-8-13-12(22-15(20-8)18-7-19-22)2-3-21(14(13)23)11-5-9(16)4-10(17)6-11/h2-7H,1H3. The van der Waals surface area contributed by atoms with E-state index >= 15 is 0 Å². The first kappa shape index (κ1) is 14.2. The molecule has 6 nitrogen and oxygen atoms in total. The van der Waals surface area contributed by atoms with E-state index in [4.69, 9.17) is 23.2 Å². The maximum Gasteiger partial charge on any atom is 0.266 e. The second-order valence-corrected chi connectivity index (χ2v) is 5.92. The van der Waals surface area contributed by atoms with Crippen LogP contribution >= 0.6 is 23.2 Å². The van der Waals surface area contributed by atoms with Crippen molar-refractivity contribution in [3.8, 4) is 5.69 Å². The number of halogens is 2. The molecule has 0 atom stereocenters. The highest BCUT2D eigenvalue weighted by Crippen LogP contribution is 2.22. The van der Waals surface area contributed by atoms with E-state index < -0.39 is 0 Å². The maximum absolute atomic E-state index is 12.9. The van der Waals surface area contributed by atoms with Crippen LogP contribution in [0.15, 0.2) is 41.6 Å². The zero-order chi connectivity index (χ0) is 16.1. The number of nitrogens with zero attached hydrogens (tertiary/aromatic N) is 5. The van der Waals surface area contributed by atoms with E-state index in [-0.39, 0.29) is 5.56 Å². The summed E-state index contributed by atoms with van der Waals surface area (Å²) in [6, 6.07) is 6.77. The molecule has 4 aromatic rings. The fourth-order valence-electron chi connectivity index (χ4n) is 2.61. The third-order valence-electron chi connectivity index (χ3n) is 3.58. The van der Waals surface area contributed by atoms with Crippen molar-refractivity contribution in [1.82, 2.24) is 24.1 Å². The highest BCUT2D eigenvalue weighted by Gasteiger charge is 2.13. The Balaban J connectivity index is 2.10. The van der Waals surface area contributed by atoms with Crippen molar-refractivity contribution in [1.29, 1.82) is 0 Å². The van der Waals surface area contributed by atoms with Crippen LogP contribution in [0.2, 0.25) is 10.0 Å². The largest absolute Gasteiger partial charge is 0.284 e. The van der Waals surface area contributed by atoms with Crippen LogP contribution in [-0.2, 0) is 0 Å². The zero-order valence-corrected chi connectivity index (χ0v) is 13.4. The molecule has 0 aliphatic heterocycles. The molecule has 0 bridgehead atoms. The Kier molecular flexibility index (Phi) is 3.11. The van der Waals surface area contributed by atoms with Crippen LogP contribution in [0.5, 0.6) is 0 Å². The predicted octanol–water partition coefficient (Wildman–Crippen LogP) is 3.04. The summed E-state index contributed by atoms with van der Waals surface area (Å²) in [6.07, 6.45) is 3.07. The first-order chi connectivity index (χ1) is 11.0. The Morgan fingerprint density at radius 3 is 2.61 bits per heavy atom. The van der Waals surface area contributed by atoms with Crippen molar-refractivity contribution >= 4 is 39.9 Å². The molecular formula is C15H9Cl2N5O. The first-order valence-corrected chi connectivity index (χ1v) is 7.48. The monoisotopic (exact) mass is 345 g/mol. The van der Waals surface area contributed by atoms with Crippen molar-refractivity contribution in [2.75, 3.05) is 0 Å². The van der Waals surface area contributed by atoms with E-state index in [1.54, 1.807) is 41.9 Å². The summed E-state index contributed by atoms with van der Waals surface area (Å²) in [5, 5.41) is 5.50. The molecule has 0 aliphatic rings. The van der Waals surface area contributed by atoms with Gasteiger partial charge in [0.2, 0.25) is 0 Å². The molecule has 4 rings (SSSR count). The molecule has 23 heavy (non-hydrogen) atoms. The molecule has 0 saturated heterocycles. The van der Waals surface area contributed by atoms with Gasteiger partial charge in [0.25, 0.3) is 11.3 Å². The van der Waals surface area contributed by atoms with Crippen LogP contribution in [0, 0.1) is 6.92 Å². The average molecular weight is 346 g/mol. The van der Waals surface area contributed by atoms with Gasteiger partial charge >= 0.3 is 0 Å². The molecule has 3 aromatic heterocycles. The Bertz CT molecular complexity index is 1110. The first-order valence-electron chi connectivity index (χ1n) is 6.73. The average Bonchev–Trinajstić information content (AvgIpc) is 2.94. The number of fused-ring (bicyclic) bond motifs is 3. The van der Waals surface area contributed by atoms with E-state index in [1.807, 2.05) is 0 Å². The Labute approximate surface area is 139 Å². The van der Waals surface area contributed by atoms with Gasteiger partial charge < -0.3 is 0 Å². The van der Waals surface area contributed by atoms with E-state index in [2.05, 4.69) is 15.1 Å². The van der Waals surface area contributed by atoms with Crippen molar-refractivity contribution < 1.29 is 0 Å². The molecule has 1 aromatic carbocycles. The Morgan fingerprint density at radius 2 is 1.87 bits per heavy atom. The van der Waals surface area contributed by atoms with Gasteiger partial charge in [0.15, 0.2) is 0 Å². The van der Waals surface area contributed by atoms with Crippen LogP contribution in [0.4, 0.5) is 0 Å². The minimum atomic E-state index is -0.219. The molecule has 0 fully saturated rings. The van der Waals surface area contributed by atoms with Crippen molar-refractivity contribution in [2.24, 2.45) is 0 Å². The fourth-order valence-corrected chi connectivity index (χ4v) is 3.13. The zero-order valence-electron chi connectivity index (χ0n) is 11.9. The van der Waals surface area contributed by atoms with Crippen molar-refractivity contribution in [3.05, 3.63) is 62.9 Å². The molecule has 0 unspecified atom stereocenters. The molecule has 114 valence electrons. The van der Waals surface area contributed by atoms with Crippen molar-refractivity contribution in [3.63, 3.8) is 0 Å². The number of rotatable bonds is 1. The Hall–Kier alpha value is -2.44. The number of benzene rings is 1. The molecule has 0 spiro atoms. The SMILES string of the molecule is Cc1nc2ncnn2c2ccn(-c3cc(Cl)cc(Cl)c3)c(=O)c12. The highest BCUT2D eigenvalue weighted by atomic mass is 35.5. The third-order valence-corrected chi connectivity index (χ3v) is 4.02. The maximum atomic E-state index is 12.9. The van der Waals surface area contributed by atoms with Gasteiger partial charge in [-0.2, -0.15) is 14.6 Å². The van der Waals surface area contributed by atoms with Gasteiger partial charge in [-0.15, -0.1) is 0 Å². The fraction of sp³-hybridized carbons (Fsp3) is 0.0667. The lowest BCUT2D eigenvalue weighted by Crippen LogP contribution is -2.20.